The van der Waals surface area contributed by atoms with Gasteiger partial charge in [-0.05, 0) is 32.7 Å². The van der Waals surface area contributed by atoms with Crippen LogP contribution >= 0.6 is 12.4 Å². The summed E-state index contributed by atoms with van der Waals surface area (Å²) in [4.78, 5) is 30.5. The molecule has 2 amide bonds. The summed E-state index contributed by atoms with van der Waals surface area (Å²) in [5.41, 5.74) is 0. The normalized spacial score (nSPS) is 22.0. The predicted molar refractivity (Wildman–Crippen MR) is 93.8 cm³/mol. The standard InChI is InChI=1S/C16H30N4O2.ClH/c1-3-14-6-4-5-9-20(14)16(22)13-18(2)12-15(21)19-10-7-17-8-11-19;/h14,17H,3-13H2,1-2H3;1H. The van der Waals surface area contributed by atoms with Gasteiger partial charge in [0.25, 0.3) is 0 Å². The molecule has 0 spiro atoms. The molecule has 0 aromatic carbocycles. The highest BCUT2D eigenvalue weighted by atomic mass is 35.5. The van der Waals surface area contributed by atoms with E-state index in [0.29, 0.717) is 19.1 Å². The molecule has 1 N–H and O–H groups in total. The maximum absolute atomic E-state index is 12.5. The monoisotopic (exact) mass is 346 g/mol. The van der Waals surface area contributed by atoms with Crippen molar-refractivity contribution >= 4 is 24.2 Å². The minimum Gasteiger partial charge on any atom is -0.339 e. The van der Waals surface area contributed by atoms with Crippen molar-refractivity contribution in [1.82, 2.24) is 20.0 Å². The summed E-state index contributed by atoms with van der Waals surface area (Å²) >= 11 is 0. The molecule has 1 atom stereocenters. The van der Waals surface area contributed by atoms with E-state index in [-0.39, 0.29) is 24.2 Å². The van der Waals surface area contributed by atoms with Crippen molar-refractivity contribution in [2.75, 3.05) is 52.9 Å². The van der Waals surface area contributed by atoms with Crippen molar-refractivity contribution in [3.8, 4) is 0 Å². The fourth-order valence-corrected chi connectivity index (χ4v) is 3.38. The molecule has 23 heavy (non-hydrogen) atoms. The lowest BCUT2D eigenvalue weighted by Crippen LogP contribution is -2.51. The molecule has 0 bridgehead atoms. The molecule has 0 radical (unpaired) electrons. The van der Waals surface area contributed by atoms with Crippen LogP contribution in [0.2, 0.25) is 0 Å². The maximum atomic E-state index is 12.5. The quantitative estimate of drug-likeness (QED) is 0.790. The first-order valence-corrected chi connectivity index (χ1v) is 8.58. The van der Waals surface area contributed by atoms with Crippen molar-refractivity contribution in [2.24, 2.45) is 0 Å². The summed E-state index contributed by atoms with van der Waals surface area (Å²) in [7, 11) is 1.86. The van der Waals surface area contributed by atoms with Crippen LogP contribution < -0.4 is 5.32 Å². The molecule has 2 fully saturated rings. The van der Waals surface area contributed by atoms with E-state index in [9.17, 15) is 9.59 Å². The highest BCUT2D eigenvalue weighted by Gasteiger charge is 2.26. The third-order valence-corrected chi connectivity index (χ3v) is 4.70. The van der Waals surface area contributed by atoms with Gasteiger partial charge in [0, 0.05) is 38.8 Å². The van der Waals surface area contributed by atoms with E-state index in [1.165, 1.54) is 6.42 Å². The zero-order valence-electron chi connectivity index (χ0n) is 14.4. The molecule has 2 aliphatic heterocycles. The van der Waals surface area contributed by atoms with Gasteiger partial charge in [-0.25, -0.2) is 0 Å². The van der Waals surface area contributed by atoms with Gasteiger partial charge in [0.2, 0.25) is 11.8 Å². The summed E-state index contributed by atoms with van der Waals surface area (Å²) in [5, 5.41) is 3.24. The van der Waals surface area contributed by atoms with Crippen LogP contribution in [0.25, 0.3) is 0 Å². The Bertz CT molecular complexity index is 388. The third-order valence-electron chi connectivity index (χ3n) is 4.70. The number of hydrogen-bond acceptors (Lipinski definition) is 4. The molecule has 0 aromatic rings. The van der Waals surface area contributed by atoms with Gasteiger partial charge in [0.05, 0.1) is 13.1 Å². The predicted octanol–water partition coefficient (Wildman–Crippen LogP) is 0.563. The first kappa shape index (κ1) is 20.2. The summed E-state index contributed by atoms with van der Waals surface area (Å²) in [5.74, 6) is 0.296. The number of amides is 2. The van der Waals surface area contributed by atoms with E-state index in [1.54, 1.807) is 0 Å². The fraction of sp³-hybridized carbons (Fsp3) is 0.875. The molecule has 2 heterocycles. The van der Waals surface area contributed by atoms with Gasteiger partial charge in [-0.2, -0.15) is 0 Å². The number of rotatable bonds is 5. The Morgan fingerprint density at radius 3 is 2.39 bits per heavy atom. The van der Waals surface area contributed by atoms with E-state index in [2.05, 4.69) is 12.2 Å². The van der Waals surface area contributed by atoms with Gasteiger partial charge < -0.3 is 15.1 Å². The zero-order chi connectivity index (χ0) is 15.9. The molecule has 2 saturated heterocycles. The highest BCUT2D eigenvalue weighted by molar-refractivity contribution is 5.85. The Morgan fingerprint density at radius 1 is 1.09 bits per heavy atom. The topological polar surface area (TPSA) is 55.9 Å². The van der Waals surface area contributed by atoms with Crippen LogP contribution in [0.4, 0.5) is 0 Å². The van der Waals surface area contributed by atoms with Crippen molar-refractivity contribution in [3.63, 3.8) is 0 Å². The summed E-state index contributed by atoms with van der Waals surface area (Å²) < 4.78 is 0. The second-order valence-corrected chi connectivity index (χ2v) is 6.45. The molecule has 2 aliphatic rings. The summed E-state index contributed by atoms with van der Waals surface area (Å²) in [6.07, 6.45) is 4.46. The number of likely N-dealkylation sites (N-methyl/N-ethyl adjacent to an activating group) is 1. The number of hydrogen-bond donors (Lipinski definition) is 1. The Hall–Kier alpha value is -0.850. The fourth-order valence-electron chi connectivity index (χ4n) is 3.38. The van der Waals surface area contributed by atoms with E-state index in [1.807, 2.05) is 21.7 Å². The molecule has 0 aliphatic carbocycles. The van der Waals surface area contributed by atoms with E-state index in [4.69, 9.17) is 0 Å². The number of carbonyl (C=O) groups excluding carboxylic acids is 2. The van der Waals surface area contributed by atoms with Crippen LogP contribution in [-0.4, -0.2) is 85.4 Å². The molecular formula is C16H31ClN4O2. The van der Waals surface area contributed by atoms with Gasteiger partial charge in [0.15, 0.2) is 0 Å². The second kappa shape index (κ2) is 10.1. The second-order valence-electron chi connectivity index (χ2n) is 6.45. The van der Waals surface area contributed by atoms with E-state index >= 15 is 0 Å². The third kappa shape index (κ3) is 5.94. The van der Waals surface area contributed by atoms with Crippen molar-refractivity contribution < 1.29 is 9.59 Å². The van der Waals surface area contributed by atoms with Crippen molar-refractivity contribution in [3.05, 3.63) is 0 Å². The lowest BCUT2D eigenvalue weighted by atomic mass is 10.00. The van der Waals surface area contributed by atoms with Gasteiger partial charge in [-0.15, -0.1) is 12.4 Å². The highest BCUT2D eigenvalue weighted by Crippen LogP contribution is 2.19. The van der Waals surface area contributed by atoms with Crippen LogP contribution in [0.1, 0.15) is 32.6 Å². The smallest absolute Gasteiger partial charge is 0.237 e. The number of halogens is 1. The van der Waals surface area contributed by atoms with E-state index in [0.717, 1.165) is 52.0 Å². The van der Waals surface area contributed by atoms with Crippen LogP contribution in [0.5, 0.6) is 0 Å². The molecular weight excluding hydrogens is 316 g/mol. The van der Waals surface area contributed by atoms with Crippen molar-refractivity contribution in [1.29, 1.82) is 0 Å². The van der Waals surface area contributed by atoms with Crippen LogP contribution in [0.3, 0.4) is 0 Å². The molecule has 0 aromatic heterocycles. The number of likely N-dealkylation sites (tertiary alicyclic amines) is 1. The molecule has 7 heteroatoms. The number of carbonyl (C=O) groups is 2. The van der Waals surface area contributed by atoms with Crippen LogP contribution in [0.15, 0.2) is 0 Å². The number of piperazine rings is 1. The first-order valence-electron chi connectivity index (χ1n) is 8.58. The average molecular weight is 347 g/mol. The Kier molecular flexibility index (Phi) is 8.87. The molecule has 2 rings (SSSR count). The Balaban J connectivity index is 0.00000264. The Morgan fingerprint density at radius 2 is 1.74 bits per heavy atom. The maximum Gasteiger partial charge on any atom is 0.237 e. The number of nitrogens with one attached hydrogen (secondary N) is 1. The minimum absolute atomic E-state index is 0. The zero-order valence-corrected chi connectivity index (χ0v) is 15.2. The first-order chi connectivity index (χ1) is 10.6. The average Bonchev–Trinajstić information content (AvgIpc) is 2.55. The largest absolute Gasteiger partial charge is 0.339 e. The molecule has 6 nitrogen and oxygen atoms in total. The van der Waals surface area contributed by atoms with Crippen LogP contribution in [0, 0.1) is 0 Å². The van der Waals surface area contributed by atoms with Gasteiger partial charge in [0.1, 0.15) is 0 Å². The van der Waals surface area contributed by atoms with E-state index < -0.39 is 0 Å². The van der Waals surface area contributed by atoms with Gasteiger partial charge in [-0.1, -0.05) is 6.92 Å². The van der Waals surface area contributed by atoms with Crippen LogP contribution in [-0.2, 0) is 9.59 Å². The number of piperidine rings is 1. The number of nitrogens with zero attached hydrogens (tertiary/aromatic N) is 3. The van der Waals surface area contributed by atoms with Gasteiger partial charge in [-0.3, -0.25) is 14.5 Å². The lowest BCUT2D eigenvalue weighted by Gasteiger charge is -2.36. The lowest BCUT2D eigenvalue weighted by molar-refractivity contribution is -0.137. The molecule has 1 unspecified atom stereocenters. The summed E-state index contributed by atoms with van der Waals surface area (Å²) in [6.45, 7) is 6.95. The SMILES string of the molecule is CCC1CCCCN1C(=O)CN(C)CC(=O)N1CCNCC1.Cl. The van der Waals surface area contributed by atoms with Gasteiger partial charge >= 0.3 is 0 Å². The molecule has 0 saturated carbocycles. The summed E-state index contributed by atoms with van der Waals surface area (Å²) in [6, 6.07) is 0.388. The minimum atomic E-state index is 0. The molecule has 134 valence electrons. The Labute approximate surface area is 146 Å². The van der Waals surface area contributed by atoms with Crippen molar-refractivity contribution in [2.45, 2.75) is 38.6 Å².